The number of rotatable bonds is 5. The van der Waals surface area contributed by atoms with Crippen LogP contribution in [0.3, 0.4) is 0 Å². The number of hydrazone groups is 1. The number of para-hydroxylation sites is 1. The van der Waals surface area contributed by atoms with Gasteiger partial charge in [-0.25, -0.2) is 5.43 Å². The lowest BCUT2D eigenvalue weighted by molar-refractivity contribution is 0.0955. The molecule has 0 atom stereocenters. The summed E-state index contributed by atoms with van der Waals surface area (Å²) < 4.78 is 7.10. The molecule has 1 N–H and O–H groups in total. The maximum absolute atomic E-state index is 12.1. The monoisotopic (exact) mass is 319 g/mol. The molecule has 0 aliphatic heterocycles. The predicted molar refractivity (Wildman–Crippen MR) is 93.8 cm³/mol. The second-order valence-electron chi connectivity index (χ2n) is 5.07. The molecule has 0 aliphatic rings. The fourth-order valence-corrected chi connectivity index (χ4v) is 2.31. The van der Waals surface area contributed by atoms with Crippen LogP contribution >= 0.6 is 0 Å². The number of nitrogens with one attached hydrogen (secondary N) is 1. The van der Waals surface area contributed by atoms with Gasteiger partial charge in [-0.2, -0.15) is 5.10 Å². The van der Waals surface area contributed by atoms with Crippen molar-refractivity contribution in [1.29, 1.82) is 0 Å². The van der Waals surface area contributed by atoms with E-state index in [2.05, 4.69) is 10.5 Å². The molecule has 0 unspecified atom stereocenters. The molecule has 24 heavy (non-hydrogen) atoms. The Bertz CT molecular complexity index is 854. The first-order valence-corrected chi connectivity index (χ1v) is 7.48. The second-order valence-corrected chi connectivity index (χ2v) is 5.07. The van der Waals surface area contributed by atoms with Crippen LogP contribution in [0.1, 0.15) is 16.1 Å². The average molecular weight is 319 g/mol. The number of carbonyl (C=O) groups is 1. The summed E-state index contributed by atoms with van der Waals surface area (Å²) in [5.41, 5.74) is 4.92. The number of carbonyl (C=O) groups excluding carboxylic acids is 1. The van der Waals surface area contributed by atoms with Gasteiger partial charge in [0, 0.05) is 17.4 Å². The number of nitrogens with zero attached hydrogens (tertiary/aromatic N) is 2. The highest BCUT2D eigenvalue weighted by molar-refractivity contribution is 5.95. The van der Waals surface area contributed by atoms with Crippen molar-refractivity contribution in [2.75, 3.05) is 7.11 Å². The Morgan fingerprint density at radius 3 is 2.71 bits per heavy atom. The van der Waals surface area contributed by atoms with Gasteiger partial charge in [-0.1, -0.05) is 24.3 Å². The summed E-state index contributed by atoms with van der Waals surface area (Å²) >= 11 is 0. The van der Waals surface area contributed by atoms with Gasteiger partial charge in [-0.3, -0.25) is 4.79 Å². The van der Waals surface area contributed by atoms with Crippen LogP contribution in [0.25, 0.3) is 5.69 Å². The zero-order valence-electron chi connectivity index (χ0n) is 13.2. The molecule has 1 amide bonds. The van der Waals surface area contributed by atoms with Crippen molar-refractivity contribution in [3.63, 3.8) is 0 Å². The Hall–Kier alpha value is -3.34. The molecule has 120 valence electrons. The fourth-order valence-electron chi connectivity index (χ4n) is 2.31. The quantitative estimate of drug-likeness (QED) is 0.580. The van der Waals surface area contributed by atoms with Gasteiger partial charge in [-0.15, -0.1) is 0 Å². The maximum atomic E-state index is 12.1. The number of amides is 1. The van der Waals surface area contributed by atoms with E-state index in [1.165, 1.54) is 0 Å². The Morgan fingerprint density at radius 1 is 1.08 bits per heavy atom. The Kier molecular flexibility index (Phi) is 4.72. The molecule has 0 fully saturated rings. The molecule has 0 radical (unpaired) electrons. The van der Waals surface area contributed by atoms with Gasteiger partial charge >= 0.3 is 0 Å². The smallest absolute Gasteiger partial charge is 0.271 e. The van der Waals surface area contributed by atoms with E-state index in [1.807, 2.05) is 53.2 Å². The fraction of sp³-hybridized carbons (Fsp3) is 0.0526. The highest BCUT2D eigenvalue weighted by Crippen LogP contribution is 2.13. The summed E-state index contributed by atoms with van der Waals surface area (Å²) in [5, 5.41) is 4.05. The summed E-state index contributed by atoms with van der Waals surface area (Å²) in [7, 11) is 1.56. The minimum Gasteiger partial charge on any atom is -0.497 e. The summed E-state index contributed by atoms with van der Waals surface area (Å²) in [4.78, 5) is 12.1. The zero-order valence-corrected chi connectivity index (χ0v) is 13.2. The van der Waals surface area contributed by atoms with Crippen molar-refractivity contribution >= 4 is 12.1 Å². The van der Waals surface area contributed by atoms with Crippen LogP contribution in [0.5, 0.6) is 5.75 Å². The lowest BCUT2D eigenvalue weighted by atomic mass is 10.2. The second kappa shape index (κ2) is 7.28. The molecular weight excluding hydrogens is 302 g/mol. The first-order chi connectivity index (χ1) is 11.8. The Balaban J connectivity index is 1.71. The third-order valence-corrected chi connectivity index (χ3v) is 3.51. The molecule has 2 aromatic carbocycles. The van der Waals surface area contributed by atoms with E-state index in [0.29, 0.717) is 11.3 Å². The minimum absolute atomic E-state index is 0.289. The van der Waals surface area contributed by atoms with Gasteiger partial charge in [-0.05, 0) is 42.5 Å². The largest absolute Gasteiger partial charge is 0.497 e. The van der Waals surface area contributed by atoms with Crippen molar-refractivity contribution < 1.29 is 9.53 Å². The highest BCUT2D eigenvalue weighted by Gasteiger charge is 2.05. The van der Waals surface area contributed by atoms with E-state index < -0.39 is 0 Å². The van der Waals surface area contributed by atoms with Crippen molar-refractivity contribution in [3.8, 4) is 11.4 Å². The standard InChI is InChI=1S/C19H17N3O2/c1-24-18-11-5-7-15(13-18)19(23)21-20-14-17-10-6-12-22(17)16-8-3-2-4-9-16/h2-14H,1H3,(H,21,23)/b20-14-. The lowest BCUT2D eigenvalue weighted by Gasteiger charge is -2.06. The predicted octanol–water partition coefficient (Wildman–Crippen LogP) is 3.25. The third-order valence-electron chi connectivity index (χ3n) is 3.51. The van der Waals surface area contributed by atoms with Gasteiger partial charge in [0.25, 0.3) is 5.91 Å². The van der Waals surface area contributed by atoms with Crippen molar-refractivity contribution in [2.45, 2.75) is 0 Å². The van der Waals surface area contributed by atoms with Crippen LogP contribution in [0.15, 0.2) is 78.0 Å². The normalized spacial score (nSPS) is 10.7. The Morgan fingerprint density at radius 2 is 1.92 bits per heavy atom. The van der Waals surface area contributed by atoms with E-state index in [1.54, 1.807) is 37.6 Å². The molecule has 5 heteroatoms. The van der Waals surface area contributed by atoms with Gasteiger partial charge in [0.1, 0.15) is 5.75 Å². The summed E-state index contributed by atoms with van der Waals surface area (Å²) in [6.45, 7) is 0. The number of methoxy groups -OCH3 is 1. The van der Waals surface area contributed by atoms with E-state index in [0.717, 1.165) is 11.4 Å². The van der Waals surface area contributed by atoms with E-state index in [4.69, 9.17) is 4.74 Å². The van der Waals surface area contributed by atoms with E-state index >= 15 is 0 Å². The van der Waals surface area contributed by atoms with Crippen molar-refractivity contribution in [1.82, 2.24) is 9.99 Å². The molecule has 3 rings (SSSR count). The van der Waals surface area contributed by atoms with Gasteiger partial charge < -0.3 is 9.30 Å². The molecule has 5 nitrogen and oxygen atoms in total. The number of hydrogen-bond donors (Lipinski definition) is 1. The van der Waals surface area contributed by atoms with Crippen LogP contribution < -0.4 is 10.2 Å². The molecule has 0 aliphatic carbocycles. The average Bonchev–Trinajstić information content (AvgIpc) is 3.11. The molecule has 0 spiro atoms. The molecule has 3 aromatic rings. The first-order valence-electron chi connectivity index (χ1n) is 7.48. The molecule has 1 aromatic heterocycles. The molecule has 0 bridgehead atoms. The summed E-state index contributed by atoms with van der Waals surface area (Å²) in [6.07, 6.45) is 3.56. The molecule has 1 heterocycles. The van der Waals surface area contributed by atoms with Crippen LogP contribution in [-0.4, -0.2) is 23.8 Å². The number of aromatic nitrogens is 1. The molecular formula is C19H17N3O2. The molecule has 0 saturated heterocycles. The van der Waals surface area contributed by atoms with Crippen LogP contribution in [0.2, 0.25) is 0 Å². The molecule has 0 saturated carbocycles. The minimum atomic E-state index is -0.289. The number of benzene rings is 2. The van der Waals surface area contributed by atoms with Crippen LogP contribution in [0, 0.1) is 0 Å². The van der Waals surface area contributed by atoms with Gasteiger partial charge in [0.05, 0.1) is 19.0 Å². The zero-order chi connectivity index (χ0) is 16.8. The van der Waals surface area contributed by atoms with E-state index in [-0.39, 0.29) is 5.91 Å². The Labute approximate surface area is 140 Å². The highest BCUT2D eigenvalue weighted by atomic mass is 16.5. The third kappa shape index (κ3) is 3.52. The lowest BCUT2D eigenvalue weighted by Crippen LogP contribution is -2.17. The first kappa shape index (κ1) is 15.6. The SMILES string of the molecule is COc1cccc(C(=O)N/N=C\c2cccn2-c2ccccc2)c1. The summed E-state index contributed by atoms with van der Waals surface area (Å²) in [6, 6.07) is 20.7. The van der Waals surface area contributed by atoms with Gasteiger partial charge in [0.2, 0.25) is 0 Å². The van der Waals surface area contributed by atoms with Crippen LogP contribution in [0.4, 0.5) is 0 Å². The number of hydrogen-bond acceptors (Lipinski definition) is 3. The van der Waals surface area contributed by atoms with E-state index in [9.17, 15) is 4.79 Å². The van der Waals surface area contributed by atoms with Crippen molar-refractivity contribution in [3.05, 3.63) is 84.2 Å². The van der Waals surface area contributed by atoms with Crippen LogP contribution in [-0.2, 0) is 0 Å². The van der Waals surface area contributed by atoms with Gasteiger partial charge in [0.15, 0.2) is 0 Å². The summed E-state index contributed by atoms with van der Waals surface area (Å²) in [5.74, 6) is 0.340. The number of ether oxygens (including phenoxy) is 1. The topological polar surface area (TPSA) is 55.6 Å². The maximum Gasteiger partial charge on any atom is 0.271 e. The van der Waals surface area contributed by atoms with Crippen molar-refractivity contribution in [2.24, 2.45) is 5.10 Å².